The quantitative estimate of drug-likeness (QED) is 0.612. The standard InChI is InChI=1S/C7H13ClN2/c8-7(9)6-10-4-2-1-3-5-10/h9H,1-6H2. The largest absolute Gasteiger partial charge is 0.297 e. The molecular formula is C7H13ClN2. The smallest absolute Gasteiger partial charge is 0.111 e. The monoisotopic (exact) mass is 160 g/mol. The van der Waals surface area contributed by atoms with Crippen LogP contribution in [0.15, 0.2) is 0 Å². The first-order chi connectivity index (χ1) is 4.79. The fraction of sp³-hybridized carbons (Fsp3) is 0.857. The predicted molar refractivity (Wildman–Crippen MR) is 43.9 cm³/mol. The van der Waals surface area contributed by atoms with Crippen LogP contribution in [-0.2, 0) is 0 Å². The number of hydrogen-bond donors (Lipinski definition) is 1. The average molecular weight is 161 g/mol. The zero-order valence-electron chi connectivity index (χ0n) is 6.07. The Labute approximate surface area is 66.7 Å². The molecule has 1 heterocycles. The molecule has 0 radical (unpaired) electrons. The van der Waals surface area contributed by atoms with Gasteiger partial charge in [-0.15, -0.1) is 0 Å². The van der Waals surface area contributed by atoms with Gasteiger partial charge in [-0.25, -0.2) is 0 Å². The van der Waals surface area contributed by atoms with Crippen molar-refractivity contribution in [2.45, 2.75) is 19.3 Å². The lowest BCUT2D eigenvalue weighted by atomic mass is 10.1. The van der Waals surface area contributed by atoms with Crippen LogP contribution >= 0.6 is 11.6 Å². The van der Waals surface area contributed by atoms with Gasteiger partial charge in [-0.3, -0.25) is 10.3 Å². The molecule has 2 nitrogen and oxygen atoms in total. The molecule has 0 bridgehead atoms. The van der Waals surface area contributed by atoms with Crippen molar-refractivity contribution in [3.05, 3.63) is 0 Å². The summed E-state index contributed by atoms with van der Waals surface area (Å²) in [6.07, 6.45) is 3.88. The van der Waals surface area contributed by atoms with Gasteiger partial charge in [-0.05, 0) is 25.9 Å². The van der Waals surface area contributed by atoms with Crippen molar-refractivity contribution in [3.63, 3.8) is 0 Å². The summed E-state index contributed by atoms with van der Waals surface area (Å²) in [5, 5.41) is 7.32. The van der Waals surface area contributed by atoms with Crippen molar-refractivity contribution in [1.29, 1.82) is 5.41 Å². The molecule has 0 atom stereocenters. The molecule has 0 aliphatic carbocycles. The lowest BCUT2D eigenvalue weighted by Crippen LogP contribution is -2.32. The SMILES string of the molecule is N=C(Cl)CN1CCCCC1. The molecule has 10 heavy (non-hydrogen) atoms. The molecule has 0 aromatic heterocycles. The van der Waals surface area contributed by atoms with Gasteiger partial charge >= 0.3 is 0 Å². The molecule has 0 amide bonds. The van der Waals surface area contributed by atoms with Crippen molar-refractivity contribution in [3.8, 4) is 0 Å². The van der Waals surface area contributed by atoms with E-state index >= 15 is 0 Å². The zero-order chi connectivity index (χ0) is 7.40. The van der Waals surface area contributed by atoms with E-state index in [4.69, 9.17) is 17.0 Å². The molecule has 0 saturated carbocycles. The van der Waals surface area contributed by atoms with Gasteiger partial charge in [-0.1, -0.05) is 18.0 Å². The Bertz CT molecular complexity index is 119. The summed E-state index contributed by atoms with van der Waals surface area (Å²) < 4.78 is 0. The second-order valence-corrected chi connectivity index (χ2v) is 3.20. The van der Waals surface area contributed by atoms with Gasteiger partial charge in [0.1, 0.15) is 5.17 Å². The molecule has 3 heteroatoms. The first-order valence-corrected chi connectivity index (χ1v) is 4.12. The van der Waals surface area contributed by atoms with E-state index in [0.29, 0.717) is 6.54 Å². The third-order valence-electron chi connectivity index (χ3n) is 1.81. The van der Waals surface area contributed by atoms with E-state index in [1.807, 2.05) is 0 Å². The fourth-order valence-corrected chi connectivity index (χ4v) is 1.48. The number of piperidine rings is 1. The van der Waals surface area contributed by atoms with Crippen LogP contribution in [0.3, 0.4) is 0 Å². The second-order valence-electron chi connectivity index (χ2n) is 2.74. The molecular weight excluding hydrogens is 148 g/mol. The van der Waals surface area contributed by atoms with Gasteiger partial charge < -0.3 is 0 Å². The van der Waals surface area contributed by atoms with Crippen molar-refractivity contribution in [2.75, 3.05) is 19.6 Å². The normalized spacial score (nSPS) is 20.9. The lowest BCUT2D eigenvalue weighted by molar-refractivity contribution is 0.259. The maximum absolute atomic E-state index is 7.05. The third-order valence-corrected chi connectivity index (χ3v) is 1.93. The van der Waals surface area contributed by atoms with Gasteiger partial charge in [0.2, 0.25) is 0 Å². The van der Waals surface area contributed by atoms with E-state index in [9.17, 15) is 0 Å². The van der Waals surface area contributed by atoms with Crippen molar-refractivity contribution < 1.29 is 0 Å². The van der Waals surface area contributed by atoms with Crippen LogP contribution in [0.2, 0.25) is 0 Å². The van der Waals surface area contributed by atoms with Crippen LogP contribution in [0.1, 0.15) is 19.3 Å². The highest BCUT2D eigenvalue weighted by molar-refractivity contribution is 6.65. The molecule has 1 N–H and O–H groups in total. The summed E-state index contributed by atoms with van der Waals surface area (Å²) >= 11 is 5.45. The second kappa shape index (κ2) is 3.94. The number of hydrogen-bond acceptors (Lipinski definition) is 2. The molecule has 1 fully saturated rings. The van der Waals surface area contributed by atoms with Crippen LogP contribution in [0.5, 0.6) is 0 Å². The first-order valence-electron chi connectivity index (χ1n) is 3.74. The summed E-state index contributed by atoms with van der Waals surface area (Å²) in [5.41, 5.74) is 0. The Hall–Kier alpha value is -0.0800. The van der Waals surface area contributed by atoms with Crippen LogP contribution < -0.4 is 0 Å². The van der Waals surface area contributed by atoms with Crippen LogP contribution in [0.25, 0.3) is 0 Å². The predicted octanol–water partition coefficient (Wildman–Crippen LogP) is 1.69. The van der Waals surface area contributed by atoms with Crippen molar-refractivity contribution >= 4 is 16.8 Å². The molecule has 0 aromatic carbocycles. The Morgan fingerprint density at radius 3 is 2.40 bits per heavy atom. The molecule has 1 aliphatic rings. The highest BCUT2D eigenvalue weighted by atomic mass is 35.5. The Balaban J connectivity index is 2.19. The first kappa shape index (κ1) is 8.02. The molecule has 0 spiro atoms. The van der Waals surface area contributed by atoms with E-state index < -0.39 is 0 Å². The van der Waals surface area contributed by atoms with Gasteiger partial charge in [0, 0.05) is 0 Å². The van der Waals surface area contributed by atoms with Gasteiger partial charge in [0.05, 0.1) is 6.54 Å². The Kier molecular flexibility index (Phi) is 3.16. The Morgan fingerprint density at radius 2 is 1.90 bits per heavy atom. The van der Waals surface area contributed by atoms with Gasteiger partial charge in [0.15, 0.2) is 0 Å². The maximum Gasteiger partial charge on any atom is 0.111 e. The summed E-state index contributed by atoms with van der Waals surface area (Å²) in [6, 6.07) is 0. The number of halogens is 1. The minimum atomic E-state index is 0.266. The maximum atomic E-state index is 7.05. The fourth-order valence-electron chi connectivity index (χ4n) is 1.31. The number of nitrogens with zero attached hydrogens (tertiary/aromatic N) is 1. The highest BCUT2D eigenvalue weighted by Crippen LogP contribution is 2.08. The van der Waals surface area contributed by atoms with Crippen LogP contribution in [0, 0.1) is 5.41 Å². The summed E-state index contributed by atoms with van der Waals surface area (Å²) in [6.45, 7) is 2.89. The van der Waals surface area contributed by atoms with Crippen LogP contribution in [-0.4, -0.2) is 29.7 Å². The number of rotatable bonds is 2. The van der Waals surface area contributed by atoms with Crippen LogP contribution in [0.4, 0.5) is 0 Å². The highest BCUT2D eigenvalue weighted by Gasteiger charge is 2.09. The average Bonchev–Trinajstić information content (AvgIpc) is 1.88. The number of nitrogens with one attached hydrogen (secondary N) is 1. The lowest BCUT2D eigenvalue weighted by Gasteiger charge is -2.25. The third kappa shape index (κ3) is 2.67. The van der Waals surface area contributed by atoms with E-state index in [0.717, 1.165) is 13.1 Å². The molecule has 1 rings (SSSR count). The molecule has 0 aromatic rings. The minimum absolute atomic E-state index is 0.266. The zero-order valence-corrected chi connectivity index (χ0v) is 6.82. The molecule has 0 unspecified atom stereocenters. The summed E-state index contributed by atoms with van der Waals surface area (Å²) in [7, 11) is 0. The van der Waals surface area contributed by atoms with Gasteiger partial charge in [-0.2, -0.15) is 0 Å². The van der Waals surface area contributed by atoms with E-state index in [1.165, 1.54) is 19.3 Å². The van der Waals surface area contributed by atoms with E-state index in [2.05, 4.69) is 4.90 Å². The summed E-state index contributed by atoms with van der Waals surface area (Å²) in [4.78, 5) is 2.23. The molecule has 58 valence electrons. The topological polar surface area (TPSA) is 27.1 Å². The van der Waals surface area contributed by atoms with Crippen molar-refractivity contribution in [1.82, 2.24) is 4.90 Å². The van der Waals surface area contributed by atoms with E-state index in [-0.39, 0.29) is 5.17 Å². The molecule has 1 aliphatic heterocycles. The number of likely N-dealkylation sites (tertiary alicyclic amines) is 1. The summed E-state index contributed by atoms with van der Waals surface area (Å²) in [5.74, 6) is 0. The molecule has 1 saturated heterocycles. The van der Waals surface area contributed by atoms with Crippen molar-refractivity contribution in [2.24, 2.45) is 0 Å². The van der Waals surface area contributed by atoms with E-state index in [1.54, 1.807) is 0 Å². The minimum Gasteiger partial charge on any atom is -0.297 e. The Morgan fingerprint density at radius 1 is 1.30 bits per heavy atom. The van der Waals surface area contributed by atoms with Gasteiger partial charge in [0.25, 0.3) is 0 Å².